The molecule has 21 saturated heterocycles. The summed E-state index contributed by atoms with van der Waals surface area (Å²) < 4.78 is 252. The van der Waals surface area contributed by atoms with Crippen molar-refractivity contribution < 1.29 is 164 Å². The van der Waals surface area contributed by atoms with Crippen molar-refractivity contribution in [3.05, 3.63) is 0 Å². The predicted molar refractivity (Wildman–Crippen MR) is 548 cm³/mol. The molecular weight excluding hydrogens is 1930 g/mol. The van der Waals surface area contributed by atoms with Crippen molar-refractivity contribution >= 4 is 58.2 Å². The molecule has 21 fully saturated rings. The van der Waals surface area contributed by atoms with E-state index >= 15 is 0 Å². The van der Waals surface area contributed by atoms with Gasteiger partial charge in [0.2, 0.25) is 0 Å². The minimum absolute atomic E-state index is 0.0147. The Morgan fingerprint density at radius 2 is 0.229 bits per heavy atom. The van der Waals surface area contributed by atoms with E-state index in [4.69, 9.17) is 164 Å². The maximum absolute atomic E-state index is 7.64. The Morgan fingerprint density at radius 3 is 0.300 bits per heavy atom. The molecule has 21 aliphatic heterocycles. The Morgan fingerprint density at radius 1 is 0.143 bits per heavy atom. The fourth-order valence-electron chi connectivity index (χ4n) is 17.3. The molecule has 14 bridgehead atoms. The van der Waals surface area contributed by atoms with Gasteiger partial charge in [0.1, 0.15) is 171 Å². The molecule has 35 nitrogen and oxygen atoms in total. The van der Waals surface area contributed by atoms with Crippen LogP contribution in [0.25, 0.3) is 0 Å². The minimum Gasteiger partial charge on any atom is -0.414 e. The molecule has 0 N–H and O–H groups in total. The lowest BCUT2D eigenvalue weighted by Crippen LogP contribution is -2.70. The van der Waals surface area contributed by atoms with Gasteiger partial charge in [0, 0.05) is 99.5 Å². The Labute approximate surface area is 850 Å². The molecule has 21 heterocycles. The molecule has 0 spiro atoms. The van der Waals surface area contributed by atoms with Crippen LogP contribution in [0.15, 0.2) is 0 Å². The molecule has 0 radical (unpaired) electrons. The van der Waals surface area contributed by atoms with Gasteiger partial charge < -0.3 is 164 Å². The van der Waals surface area contributed by atoms with Crippen LogP contribution in [0.5, 0.6) is 0 Å². The van der Waals surface area contributed by atoms with E-state index in [1.54, 1.807) is 99.5 Å². The van der Waals surface area contributed by atoms with E-state index in [9.17, 15) is 0 Å². The zero-order chi connectivity index (χ0) is 106. The van der Waals surface area contributed by atoms with E-state index < -0.39 is 273 Å². The molecule has 0 aromatic rings. The summed E-state index contributed by atoms with van der Waals surface area (Å²) in [7, 11) is 3.58. The predicted octanol–water partition coefficient (Wildman–Crippen LogP) is 15.1. The van der Waals surface area contributed by atoms with Crippen LogP contribution in [0.3, 0.4) is 0 Å². The van der Waals surface area contributed by atoms with Gasteiger partial charge >= 0.3 is 0 Å². The number of methoxy groups -OCH3 is 14. The first kappa shape index (κ1) is 125. The van der Waals surface area contributed by atoms with Crippen LogP contribution >= 0.6 is 0 Å². The van der Waals surface area contributed by atoms with E-state index in [0.717, 1.165) is 0 Å². The smallest absolute Gasteiger partial charge is 0.192 e. The van der Waals surface area contributed by atoms with Gasteiger partial charge in [-0.05, 0) is 127 Å². The molecule has 0 aliphatic carbocycles. The average molecular weight is 2130 g/mol. The lowest BCUT2D eigenvalue weighted by Gasteiger charge is -2.53. The van der Waals surface area contributed by atoms with Crippen LogP contribution in [-0.2, 0) is 164 Å². The molecule has 0 aromatic carbocycles. The topological polar surface area (TPSA) is 323 Å². The third-order valence-electron chi connectivity index (χ3n) is 33.9. The lowest BCUT2D eigenvalue weighted by molar-refractivity contribution is -0.401. The van der Waals surface area contributed by atoms with Crippen molar-refractivity contribution in [3.63, 3.8) is 0 Å². The van der Waals surface area contributed by atoms with Gasteiger partial charge in [0.25, 0.3) is 0 Å². The highest BCUT2D eigenvalue weighted by molar-refractivity contribution is 6.76. The highest BCUT2D eigenvalue weighted by Gasteiger charge is 2.65. The summed E-state index contributed by atoms with van der Waals surface area (Å²) >= 11 is 0. The van der Waals surface area contributed by atoms with Crippen LogP contribution in [0.4, 0.5) is 0 Å². The summed E-state index contributed by atoms with van der Waals surface area (Å²) in [5.41, 5.74) is 0. The van der Waals surface area contributed by atoms with Crippen LogP contribution in [-0.4, -0.2) is 419 Å². The van der Waals surface area contributed by atoms with Gasteiger partial charge in [0.15, 0.2) is 102 Å². The van der Waals surface area contributed by atoms with Gasteiger partial charge in [-0.25, -0.2) is 0 Å². The summed E-state index contributed by atoms with van der Waals surface area (Å²) in [6.07, 6.45) is -38.3. The molecule has 140 heavy (non-hydrogen) atoms. The summed E-state index contributed by atoms with van der Waals surface area (Å²) in [5, 5.41) is -1.87. The van der Waals surface area contributed by atoms with Crippen molar-refractivity contribution in [1.29, 1.82) is 0 Å². The van der Waals surface area contributed by atoms with Crippen LogP contribution in [0, 0.1) is 0 Å². The fraction of sp³-hybridized carbons (Fsp3) is 1.00. The van der Waals surface area contributed by atoms with E-state index in [-0.39, 0.29) is 81.5 Å². The van der Waals surface area contributed by atoms with Crippen LogP contribution in [0.2, 0.25) is 127 Å². The van der Waals surface area contributed by atoms with Crippen molar-refractivity contribution in [2.75, 3.05) is 146 Å². The lowest BCUT2D eigenvalue weighted by atomic mass is 9.94. The maximum Gasteiger partial charge on any atom is 0.192 e. The summed E-state index contributed by atoms with van der Waals surface area (Å²) in [4.78, 5) is 0. The highest BCUT2D eigenvalue weighted by Crippen LogP contribution is 2.50. The molecule has 0 amide bonds. The Hall–Kier alpha value is 0.118. The van der Waals surface area contributed by atoms with Gasteiger partial charge in [-0.1, -0.05) is 145 Å². The van der Waals surface area contributed by atoms with E-state index in [2.05, 4.69) is 237 Å². The van der Waals surface area contributed by atoms with Crippen molar-refractivity contribution in [1.82, 2.24) is 0 Å². The van der Waals surface area contributed by atoms with Gasteiger partial charge in [-0.15, -0.1) is 0 Å². The number of hydrogen-bond acceptors (Lipinski definition) is 35. The highest BCUT2D eigenvalue weighted by atomic mass is 28.4. The molecule has 35 atom stereocenters. The summed E-state index contributed by atoms with van der Waals surface area (Å²) in [6, 6.07) is 0. The first-order chi connectivity index (χ1) is 64.5. The minimum atomic E-state index is -2.66. The van der Waals surface area contributed by atoms with Gasteiger partial charge in [0.05, 0.1) is 46.2 Å². The van der Waals surface area contributed by atoms with Gasteiger partial charge in [-0.2, -0.15) is 0 Å². The first-order valence-corrected chi connectivity index (χ1v) is 70.9. The molecule has 21 aliphatic rings. The van der Waals surface area contributed by atoms with Crippen molar-refractivity contribution in [2.45, 2.75) is 487 Å². The Bertz CT molecular complexity index is 3040. The monoisotopic (exact) mass is 2130 g/mol. The first-order valence-electron chi connectivity index (χ1n) is 50.5. The van der Waals surface area contributed by atoms with Crippen molar-refractivity contribution in [3.8, 4) is 0 Å². The Balaban J connectivity index is 1.44. The molecule has 0 aromatic heterocycles. The second kappa shape index (κ2) is 49.7. The molecular formula is C98H196O35Si7. The molecule has 826 valence electrons. The largest absolute Gasteiger partial charge is 0.414 e. The fourth-order valence-corrected chi connectivity index (χ4v) is 24.3. The third kappa shape index (κ3) is 28.6. The maximum atomic E-state index is 7.64. The van der Waals surface area contributed by atoms with E-state index in [0.29, 0.717) is 0 Å². The zero-order valence-corrected chi connectivity index (χ0v) is 102. The second-order valence-corrected chi connectivity index (χ2v) is 83.5. The van der Waals surface area contributed by atoms with Gasteiger partial charge in [-0.3, -0.25) is 0 Å². The number of hydrogen-bond donors (Lipinski definition) is 0. The SMILES string of the molecule is COC1C(OC)[C@@H]2O[C@H]3OC(CO[Si](C)(C)C(C)(C)C)[C@@H](O[C@H]4OC(CO[Si](C)(C)C(C)(C)C)[C@@H](O[C@@H]5OC(CO[Si](C)(C)C(C)(C)C)[C@@H](O[C@H]6OC(CO[Si](C)(C)C(C)(C)C)[C@@H](O[C@H]7OC(CO[Si](C)(C)C(C)(C)C)[C@@H](O[C@H]8OC(CO[Si](C)(C)C(C)(C)C)[C@@H](O[C@H]1OC2CO[Si](C)(C)C(C)(C)C)C(OC)C8OC)C(OC)C7OC)C(OC)C6OC)C(OC)C5OC)C(OC)C4OC)C(OC)C3OC. The zero-order valence-electron chi connectivity index (χ0n) is 95.4. The van der Waals surface area contributed by atoms with Crippen LogP contribution < -0.4 is 0 Å². The van der Waals surface area contributed by atoms with Crippen molar-refractivity contribution in [2.24, 2.45) is 0 Å². The normalized spacial score (nSPS) is 37.6. The van der Waals surface area contributed by atoms with E-state index in [1.807, 2.05) is 0 Å². The molecule has 0 saturated carbocycles. The summed E-state index contributed by atoms with van der Waals surface area (Å²) in [5.74, 6) is 0. The molecule has 21 unspecified atom stereocenters. The summed E-state index contributed by atoms with van der Waals surface area (Å²) in [6.45, 7) is 76.3. The van der Waals surface area contributed by atoms with E-state index in [1.165, 1.54) is 0 Å². The standard InChI is InChI=1S/C98H196O35Si7/c1-92(2,3)134(36,37)113-50-57-64-71(99-22)78(106-29)85(120-57)128-65-58(51-114-135(38,39)93(4,5)6)122-87(80(108-31)72(65)100-23)130-67-60(53-116-137(42,43)95(10,11)12)124-89(82(110-33)74(67)102-25)132-69-62(55-118-139(46,47)97(16,17)18)126-91(84(112-35)76(69)104-27)133-70-63(56-119-140(48,49)98(19,20)21)125-90(83(111-34)77(70)105-28)131-68-61(54-117-138(44,45)96(13,14)15)123-88(81(109-32)75(68)103-26)129-66-59(52-115-136(40,41)94(7,8)9)121-86(127-64)79(107-30)73(66)101-24/h57-91H,50-56H2,1-49H3/t57?,58?,59?,60?,61?,62?,63?,64-,65-,66-,67-,68-,69-,70-,71?,72?,73?,74?,75?,76?,77?,78?,79?,80?,81?,82?,83?,84?,85-,86-,87-,88-,89-,90-,91+/m1/s1. The average Bonchev–Trinajstić information content (AvgIpc) is 0.766. The molecule has 21 rings (SSSR count). The second-order valence-electron chi connectivity index (χ2n) is 49.8. The quantitative estimate of drug-likeness (QED) is 0.0532. The Kier molecular flexibility index (Phi) is 44.5. The molecule has 42 heteroatoms. The third-order valence-corrected chi connectivity index (χ3v) is 65.4. The number of rotatable bonds is 35. The van der Waals surface area contributed by atoms with Crippen LogP contribution in [0.1, 0.15) is 145 Å². The number of ether oxygens (including phenoxy) is 28.